The molecule has 0 atom stereocenters. The molecule has 0 saturated carbocycles. The van der Waals surface area contributed by atoms with E-state index in [9.17, 15) is 0 Å². The standard InChI is InChI=1S/C18H24N2.C7H7.ClH.Ni/c1-17(2,3)13-7-9-19-15(11-13)16-12-14(8-10-20-16)18(4,5)6;1-7-5-3-2-4-6-7;;/h7-12H,1-6H3;2-5H,1H3;1H;/q;-1;;+1/p-1. The van der Waals surface area contributed by atoms with Gasteiger partial charge in [-0.15, -0.1) is 0 Å². The van der Waals surface area contributed by atoms with Gasteiger partial charge in [0.2, 0.25) is 0 Å². The molecular formula is C25H31ClN2Ni-. The van der Waals surface area contributed by atoms with Gasteiger partial charge >= 0.3 is 24.8 Å². The summed E-state index contributed by atoms with van der Waals surface area (Å²) in [7, 11) is 4.26. The predicted octanol–water partition coefficient (Wildman–Crippen LogP) is 7.22. The van der Waals surface area contributed by atoms with Crippen LogP contribution in [0.25, 0.3) is 11.4 Å². The number of rotatable bonds is 1. The van der Waals surface area contributed by atoms with Crippen molar-refractivity contribution in [1.29, 1.82) is 0 Å². The van der Waals surface area contributed by atoms with E-state index in [1.807, 2.05) is 43.6 Å². The molecular weight excluding hydrogens is 422 g/mol. The molecule has 0 spiro atoms. The van der Waals surface area contributed by atoms with Crippen LogP contribution in [-0.4, -0.2) is 9.97 Å². The molecule has 0 saturated heterocycles. The Kier molecular flexibility index (Phi) is 10.0. The summed E-state index contributed by atoms with van der Waals surface area (Å²) in [5.41, 5.74) is 5.91. The summed E-state index contributed by atoms with van der Waals surface area (Å²) >= 11 is 3.35. The van der Waals surface area contributed by atoms with E-state index < -0.39 is 0 Å². The first-order chi connectivity index (χ1) is 13.6. The molecule has 4 heteroatoms. The topological polar surface area (TPSA) is 25.8 Å². The Morgan fingerprint density at radius 1 is 0.759 bits per heavy atom. The molecule has 0 N–H and O–H groups in total. The number of hydrogen-bond donors (Lipinski definition) is 0. The third-order valence-corrected chi connectivity index (χ3v) is 4.38. The number of pyridine rings is 2. The molecule has 3 aromatic rings. The van der Waals surface area contributed by atoms with Crippen LogP contribution >= 0.6 is 10.2 Å². The van der Waals surface area contributed by atoms with E-state index in [1.54, 1.807) is 0 Å². The average molecular weight is 454 g/mol. The Balaban J connectivity index is 0.000000390. The predicted molar refractivity (Wildman–Crippen MR) is 121 cm³/mol. The van der Waals surface area contributed by atoms with Gasteiger partial charge in [-0.3, -0.25) is 9.97 Å². The minimum absolute atomic E-state index is 0.124. The number of benzene rings is 1. The summed E-state index contributed by atoms with van der Waals surface area (Å²) in [6.07, 6.45) is 3.75. The average Bonchev–Trinajstić information content (AvgIpc) is 2.70. The molecule has 0 bridgehead atoms. The van der Waals surface area contributed by atoms with E-state index in [2.05, 4.69) is 107 Å². The minimum atomic E-state index is 0.124. The second kappa shape index (κ2) is 11.5. The van der Waals surface area contributed by atoms with E-state index >= 15 is 0 Å². The Labute approximate surface area is 188 Å². The molecule has 2 nitrogen and oxygen atoms in total. The third-order valence-electron chi connectivity index (χ3n) is 4.38. The first-order valence-corrected chi connectivity index (χ1v) is 10.9. The molecule has 0 unspecified atom stereocenters. The molecule has 2 heterocycles. The summed E-state index contributed by atoms with van der Waals surface area (Å²) in [6.45, 7) is 15.3. The van der Waals surface area contributed by atoms with Crippen molar-refractivity contribution < 1.29 is 14.6 Å². The van der Waals surface area contributed by atoms with Gasteiger partial charge in [-0.25, -0.2) is 0 Å². The Bertz CT molecular complexity index is 810. The van der Waals surface area contributed by atoms with Crippen LogP contribution in [0.5, 0.6) is 0 Å². The Morgan fingerprint density at radius 2 is 1.21 bits per heavy atom. The van der Waals surface area contributed by atoms with Gasteiger partial charge in [-0.05, 0) is 46.2 Å². The van der Waals surface area contributed by atoms with Gasteiger partial charge in [-0.1, -0.05) is 48.5 Å². The van der Waals surface area contributed by atoms with Crippen LogP contribution in [-0.2, 0) is 25.4 Å². The molecule has 0 aliphatic heterocycles. The van der Waals surface area contributed by atoms with E-state index in [0.29, 0.717) is 0 Å². The molecule has 2 aromatic heterocycles. The molecule has 0 fully saturated rings. The number of hydrogen-bond acceptors (Lipinski definition) is 2. The maximum atomic E-state index is 4.48. The zero-order chi connectivity index (χ0) is 22.1. The van der Waals surface area contributed by atoms with Crippen molar-refractivity contribution in [1.82, 2.24) is 9.97 Å². The fourth-order valence-electron chi connectivity index (χ4n) is 2.56. The van der Waals surface area contributed by atoms with Gasteiger partial charge < -0.3 is 0 Å². The van der Waals surface area contributed by atoms with Crippen LogP contribution in [0.4, 0.5) is 0 Å². The molecule has 159 valence electrons. The quantitative estimate of drug-likeness (QED) is 0.287. The zero-order valence-electron chi connectivity index (χ0n) is 18.4. The molecule has 0 amide bonds. The summed E-state index contributed by atoms with van der Waals surface area (Å²) in [6, 6.07) is 19.4. The van der Waals surface area contributed by atoms with Crippen LogP contribution in [0, 0.1) is 13.0 Å². The van der Waals surface area contributed by atoms with Gasteiger partial charge in [-0.2, -0.15) is 35.9 Å². The van der Waals surface area contributed by atoms with Crippen molar-refractivity contribution in [2.45, 2.75) is 59.3 Å². The van der Waals surface area contributed by atoms with Gasteiger partial charge in [0.15, 0.2) is 0 Å². The van der Waals surface area contributed by atoms with Crippen LogP contribution in [0.15, 0.2) is 60.9 Å². The molecule has 0 aliphatic carbocycles. The molecule has 0 radical (unpaired) electrons. The van der Waals surface area contributed by atoms with Gasteiger partial charge in [0.1, 0.15) is 0 Å². The van der Waals surface area contributed by atoms with Crippen molar-refractivity contribution >= 4 is 10.2 Å². The first kappa shape index (κ1) is 25.3. The second-order valence-electron chi connectivity index (χ2n) is 8.91. The van der Waals surface area contributed by atoms with Crippen molar-refractivity contribution in [3.8, 4) is 11.4 Å². The van der Waals surface area contributed by atoms with Gasteiger partial charge in [0.25, 0.3) is 0 Å². The molecule has 3 rings (SSSR count). The van der Waals surface area contributed by atoms with E-state index in [0.717, 1.165) is 11.4 Å². The van der Waals surface area contributed by atoms with E-state index in [4.69, 9.17) is 0 Å². The second-order valence-corrected chi connectivity index (χ2v) is 8.91. The zero-order valence-corrected chi connectivity index (χ0v) is 20.1. The molecule has 1 aromatic carbocycles. The number of aryl methyl sites for hydroxylation is 1. The van der Waals surface area contributed by atoms with Crippen LogP contribution in [0.2, 0.25) is 0 Å². The third kappa shape index (κ3) is 8.68. The normalized spacial score (nSPS) is 11.0. The number of aromatic nitrogens is 2. The SMILES string of the molecule is CC(C)(C)c1ccnc(-c2cc(C(C)(C)C)ccn2)c1.Cc1[c-]cccc1.[Cl][Ni]. The summed E-state index contributed by atoms with van der Waals surface area (Å²) < 4.78 is 0. The number of halogens is 1. The summed E-state index contributed by atoms with van der Waals surface area (Å²) in [5, 5.41) is 0. The number of nitrogens with zero attached hydrogens (tertiary/aromatic N) is 2. The molecule has 0 aliphatic rings. The van der Waals surface area contributed by atoms with Crippen molar-refractivity contribution in [3.63, 3.8) is 0 Å². The van der Waals surface area contributed by atoms with Crippen LogP contribution < -0.4 is 0 Å². The van der Waals surface area contributed by atoms with E-state index in [-0.39, 0.29) is 10.8 Å². The summed E-state index contributed by atoms with van der Waals surface area (Å²) in [5.74, 6) is 0. The van der Waals surface area contributed by atoms with Crippen LogP contribution in [0.3, 0.4) is 0 Å². The van der Waals surface area contributed by atoms with Gasteiger partial charge in [0.05, 0.1) is 11.4 Å². The monoisotopic (exact) mass is 452 g/mol. The Hall–Kier alpha value is -1.70. The van der Waals surface area contributed by atoms with Crippen molar-refractivity contribution in [2.75, 3.05) is 0 Å². The fraction of sp³-hybridized carbons (Fsp3) is 0.360. The molecule has 29 heavy (non-hydrogen) atoms. The van der Waals surface area contributed by atoms with Crippen molar-refractivity contribution in [2.24, 2.45) is 0 Å². The first-order valence-electron chi connectivity index (χ1n) is 9.56. The maximum absolute atomic E-state index is 4.48. The van der Waals surface area contributed by atoms with Crippen LogP contribution in [0.1, 0.15) is 58.2 Å². The summed E-state index contributed by atoms with van der Waals surface area (Å²) in [4.78, 5) is 8.97. The Morgan fingerprint density at radius 3 is 1.48 bits per heavy atom. The fourth-order valence-corrected chi connectivity index (χ4v) is 2.56. The van der Waals surface area contributed by atoms with E-state index in [1.165, 1.54) is 16.7 Å². The van der Waals surface area contributed by atoms with Gasteiger partial charge in [0, 0.05) is 12.4 Å². The van der Waals surface area contributed by atoms with Crippen molar-refractivity contribution in [3.05, 3.63) is 83.7 Å².